The Kier molecular flexibility index (Phi) is 6.06. The molecule has 0 saturated heterocycles. The van der Waals surface area contributed by atoms with Crippen LogP contribution in [0.25, 0.3) is 10.6 Å². The summed E-state index contributed by atoms with van der Waals surface area (Å²) in [6.45, 7) is 0.795. The van der Waals surface area contributed by atoms with Crippen LogP contribution in [0.1, 0.15) is 41.8 Å². The third kappa shape index (κ3) is 4.72. The van der Waals surface area contributed by atoms with Crippen molar-refractivity contribution in [3.63, 3.8) is 0 Å². The van der Waals surface area contributed by atoms with Crippen molar-refractivity contribution in [1.82, 2.24) is 10.3 Å². The molecule has 0 unspecified atom stereocenters. The van der Waals surface area contributed by atoms with Gasteiger partial charge in [-0.05, 0) is 31.0 Å². The van der Waals surface area contributed by atoms with Crippen molar-refractivity contribution in [2.75, 3.05) is 13.3 Å². The molecule has 0 aliphatic carbocycles. The molecule has 26 heavy (non-hydrogen) atoms. The number of ether oxygens (including phenoxy) is 2. The maximum Gasteiger partial charge on any atom is 0.303 e. The van der Waals surface area contributed by atoms with Crippen LogP contribution in [0, 0.1) is 0 Å². The second-order valence-electron chi connectivity index (χ2n) is 5.91. The fourth-order valence-corrected chi connectivity index (χ4v) is 3.41. The number of carbonyl (C=O) groups is 2. The van der Waals surface area contributed by atoms with Gasteiger partial charge in [0.05, 0.1) is 6.20 Å². The highest BCUT2D eigenvalue weighted by molar-refractivity contribution is 7.16. The summed E-state index contributed by atoms with van der Waals surface area (Å²) in [7, 11) is 0. The third-order valence-corrected chi connectivity index (χ3v) is 5.00. The van der Waals surface area contributed by atoms with Crippen molar-refractivity contribution in [2.45, 2.75) is 32.1 Å². The lowest BCUT2D eigenvalue weighted by Gasteiger charge is -2.03. The Labute approximate surface area is 155 Å². The summed E-state index contributed by atoms with van der Waals surface area (Å²) in [5.41, 5.74) is 0.886. The Morgan fingerprint density at radius 2 is 1.96 bits per heavy atom. The molecular weight excluding hydrogens is 356 g/mol. The molecule has 1 aliphatic rings. The van der Waals surface area contributed by atoms with Gasteiger partial charge in [-0.1, -0.05) is 12.8 Å². The number of rotatable bonds is 9. The summed E-state index contributed by atoms with van der Waals surface area (Å²) in [4.78, 5) is 27.5. The molecule has 3 rings (SSSR count). The zero-order chi connectivity index (χ0) is 18.4. The van der Waals surface area contributed by atoms with E-state index in [1.165, 1.54) is 11.3 Å². The van der Waals surface area contributed by atoms with Gasteiger partial charge in [-0.2, -0.15) is 0 Å². The van der Waals surface area contributed by atoms with Crippen LogP contribution in [0.2, 0.25) is 0 Å². The fraction of sp³-hybridized carbons (Fsp3) is 0.389. The molecule has 0 atom stereocenters. The summed E-state index contributed by atoms with van der Waals surface area (Å²) >= 11 is 1.33. The second kappa shape index (κ2) is 8.66. The zero-order valence-corrected chi connectivity index (χ0v) is 15.0. The molecular formula is C18H20N2O5S. The van der Waals surface area contributed by atoms with Gasteiger partial charge in [0.25, 0.3) is 5.91 Å². The highest BCUT2D eigenvalue weighted by Gasteiger charge is 2.16. The Hall–Kier alpha value is -2.61. The molecule has 0 spiro atoms. The number of aliphatic carboxylic acids is 1. The number of carboxylic acids is 1. The van der Waals surface area contributed by atoms with Crippen molar-refractivity contribution in [2.24, 2.45) is 0 Å². The number of amides is 1. The Balaban J connectivity index is 1.45. The van der Waals surface area contributed by atoms with Crippen LogP contribution < -0.4 is 14.8 Å². The van der Waals surface area contributed by atoms with Gasteiger partial charge in [0.1, 0.15) is 9.88 Å². The molecule has 2 heterocycles. The van der Waals surface area contributed by atoms with Crippen molar-refractivity contribution in [3.05, 3.63) is 29.3 Å². The number of benzene rings is 1. The highest BCUT2D eigenvalue weighted by Crippen LogP contribution is 2.36. The molecule has 1 amide bonds. The van der Waals surface area contributed by atoms with Gasteiger partial charge in [0.2, 0.25) is 6.79 Å². The first-order valence-electron chi connectivity index (χ1n) is 8.49. The van der Waals surface area contributed by atoms with Crippen LogP contribution in [-0.4, -0.2) is 35.3 Å². The number of unbranched alkanes of at least 4 members (excludes halogenated alkanes) is 3. The van der Waals surface area contributed by atoms with Gasteiger partial charge >= 0.3 is 5.97 Å². The van der Waals surface area contributed by atoms with Crippen molar-refractivity contribution >= 4 is 23.2 Å². The molecule has 1 aromatic carbocycles. The zero-order valence-electron chi connectivity index (χ0n) is 14.2. The van der Waals surface area contributed by atoms with E-state index in [2.05, 4.69) is 10.3 Å². The van der Waals surface area contributed by atoms with Crippen LogP contribution >= 0.6 is 11.3 Å². The molecule has 0 fully saturated rings. The number of carboxylic acid groups (broad SMARTS) is 1. The molecule has 0 radical (unpaired) electrons. The molecule has 138 valence electrons. The van der Waals surface area contributed by atoms with Gasteiger partial charge in [0, 0.05) is 18.5 Å². The quantitative estimate of drug-likeness (QED) is 0.652. The molecule has 0 bridgehead atoms. The number of nitrogens with zero attached hydrogens (tertiary/aromatic N) is 1. The van der Waals surface area contributed by atoms with Crippen LogP contribution in [0.15, 0.2) is 24.4 Å². The third-order valence-electron chi connectivity index (χ3n) is 3.95. The molecule has 2 aromatic rings. The maximum absolute atomic E-state index is 12.2. The van der Waals surface area contributed by atoms with E-state index in [9.17, 15) is 9.59 Å². The lowest BCUT2D eigenvalue weighted by molar-refractivity contribution is -0.137. The molecule has 7 nitrogen and oxygen atoms in total. The van der Waals surface area contributed by atoms with Crippen LogP contribution in [0.4, 0.5) is 0 Å². The molecule has 2 N–H and O–H groups in total. The number of carbonyl (C=O) groups excluding carboxylic acids is 1. The first-order chi connectivity index (χ1) is 12.6. The van der Waals surface area contributed by atoms with Crippen molar-refractivity contribution < 1.29 is 24.2 Å². The van der Waals surface area contributed by atoms with E-state index in [4.69, 9.17) is 14.6 Å². The minimum absolute atomic E-state index is 0.139. The predicted molar refractivity (Wildman–Crippen MR) is 96.7 cm³/mol. The largest absolute Gasteiger partial charge is 0.481 e. The van der Waals surface area contributed by atoms with Gasteiger partial charge in [-0.3, -0.25) is 9.59 Å². The van der Waals surface area contributed by atoms with Crippen LogP contribution in [0.3, 0.4) is 0 Å². The number of thiazole rings is 1. The van der Waals surface area contributed by atoms with Gasteiger partial charge in [-0.25, -0.2) is 4.98 Å². The number of hydrogen-bond donors (Lipinski definition) is 2. The first-order valence-corrected chi connectivity index (χ1v) is 9.31. The summed E-state index contributed by atoms with van der Waals surface area (Å²) in [6, 6.07) is 5.59. The number of fused-ring (bicyclic) bond motifs is 1. The number of hydrogen-bond acceptors (Lipinski definition) is 6. The van der Waals surface area contributed by atoms with E-state index in [1.54, 1.807) is 6.20 Å². The lowest BCUT2D eigenvalue weighted by atomic mass is 10.1. The molecule has 1 aliphatic heterocycles. The molecule has 0 saturated carbocycles. The summed E-state index contributed by atoms with van der Waals surface area (Å²) in [5, 5.41) is 12.2. The number of nitrogens with one attached hydrogen (secondary N) is 1. The Morgan fingerprint density at radius 1 is 1.15 bits per heavy atom. The number of aromatic nitrogens is 1. The summed E-state index contributed by atoms with van der Waals surface area (Å²) < 4.78 is 10.7. The van der Waals surface area contributed by atoms with Crippen molar-refractivity contribution in [1.29, 1.82) is 0 Å². The fourth-order valence-electron chi connectivity index (χ4n) is 2.59. The Bertz CT molecular complexity index is 790. The lowest BCUT2D eigenvalue weighted by Crippen LogP contribution is -2.23. The van der Waals surface area contributed by atoms with E-state index in [0.29, 0.717) is 29.3 Å². The summed E-state index contributed by atoms with van der Waals surface area (Å²) in [6.07, 6.45) is 5.05. The van der Waals surface area contributed by atoms with E-state index in [1.807, 2.05) is 18.2 Å². The van der Waals surface area contributed by atoms with Crippen molar-refractivity contribution in [3.8, 4) is 22.1 Å². The van der Waals surface area contributed by atoms with E-state index in [0.717, 1.165) is 29.8 Å². The van der Waals surface area contributed by atoms with Gasteiger partial charge < -0.3 is 19.9 Å². The maximum atomic E-state index is 12.2. The van der Waals surface area contributed by atoms with Crippen LogP contribution in [0.5, 0.6) is 11.5 Å². The Morgan fingerprint density at radius 3 is 2.81 bits per heavy atom. The summed E-state index contributed by atoms with van der Waals surface area (Å²) in [5.74, 6) is 0.500. The average molecular weight is 376 g/mol. The van der Waals surface area contributed by atoms with Gasteiger partial charge in [-0.15, -0.1) is 11.3 Å². The second-order valence-corrected chi connectivity index (χ2v) is 6.94. The smallest absolute Gasteiger partial charge is 0.303 e. The predicted octanol–water partition coefficient (Wildman–Crippen LogP) is 3.30. The van der Waals surface area contributed by atoms with Gasteiger partial charge in [0.15, 0.2) is 11.5 Å². The van der Waals surface area contributed by atoms with Crippen LogP contribution in [-0.2, 0) is 4.79 Å². The monoisotopic (exact) mass is 376 g/mol. The van der Waals surface area contributed by atoms with E-state index in [-0.39, 0.29) is 19.1 Å². The average Bonchev–Trinajstić information content (AvgIpc) is 3.29. The minimum atomic E-state index is -0.762. The first kappa shape index (κ1) is 18.2. The SMILES string of the molecule is O=C(O)CCCCCCNC(=O)c1cnc(-c2ccc3c(c2)OCO3)s1. The standard InChI is InChI=1S/C18H20N2O5S/c21-16(22)5-3-1-2-4-8-19-17(23)15-10-20-18(26-15)12-6-7-13-14(9-12)25-11-24-13/h6-7,9-10H,1-5,8,11H2,(H,19,23)(H,21,22). The minimum Gasteiger partial charge on any atom is -0.481 e. The molecule has 1 aromatic heterocycles. The van der Waals surface area contributed by atoms with E-state index < -0.39 is 5.97 Å². The normalized spacial score (nSPS) is 12.2. The highest BCUT2D eigenvalue weighted by atomic mass is 32.1. The van der Waals surface area contributed by atoms with E-state index >= 15 is 0 Å². The molecule has 8 heteroatoms. The topological polar surface area (TPSA) is 97.8 Å².